The number of hydrogen-bond donors (Lipinski definition) is 0. The maximum Gasteiger partial charge on any atom is 0.185 e. The molecule has 1 saturated carbocycles. The average Bonchev–Trinajstić information content (AvgIpc) is 2.81. The lowest BCUT2D eigenvalue weighted by molar-refractivity contribution is -0.112. The smallest absolute Gasteiger partial charge is 0.185 e. The molecule has 0 radical (unpaired) electrons. The zero-order valence-electron chi connectivity index (χ0n) is 21.4. The highest BCUT2D eigenvalue weighted by atomic mass is 16.1. The summed E-state index contributed by atoms with van der Waals surface area (Å²) in [5, 5.41) is 0. The van der Waals surface area contributed by atoms with Crippen molar-refractivity contribution < 1.29 is 4.79 Å². The van der Waals surface area contributed by atoms with Gasteiger partial charge in [0.05, 0.1) is 0 Å². The first-order valence-corrected chi connectivity index (χ1v) is 12.6. The van der Waals surface area contributed by atoms with E-state index >= 15 is 0 Å². The van der Waals surface area contributed by atoms with Gasteiger partial charge in [0, 0.05) is 48.7 Å². The number of nitrogens with zero attached hydrogens (tertiary/aromatic N) is 2. The number of allylic oxidation sites excluding steroid dienone is 2. The Morgan fingerprint density at radius 3 is 1.42 bits per heavy atom. The molecular formula is C30H40N2O. The van der Waals surface area contributed by atoms with Crippen molar-refractivity contribution in [2.45, 2.75) is 60.8 Å². The Bertz CT molecular complexity index is 958. The van der Waals surface area contributed by atoms with Crippen LogP contribution in [0.4, 0.5) is 11.4 Å². The first-order valence-electron chi connectivity index (χ1n) is 12.6. The molecule has 0 aromatic heterocycles. The molecule has 0 amide bonds. The average molecular weight is 445 g/mol. The second-order valence-corrected chi connectivity index (χ2v) is 8.95. The van der Waals surface area contributed by atoms with E-state index in [0.29, 0.717) is 0 Å². The molecule has 0 heterocycles. The van der Waals surface area contributed by atoms with E-state index in [1.165, 1.54) is 22.5 Å². The normalized spacial score (nSPS) is 16.5. The Labute approximate surface area is 200 Å². The third-order valence-electron chi connectivity index (χ3n) is 6.90. The molecule has 1 aliphatic rings. The number of Topliss-reactive ketones (excluding diaryl/α,β-unsaturated/α-hetero) is 1. The maximum atomic E-state index is 13.3. The first kappa shape index (κ1) is 24.8. The summed E-state index contributed by atoms with van der Waals surface area (Å²) in [6.45, 7) is 17.0. The third-order valence-corrected chi connectivity index (χ3v) is 6.90. The number of ketones is 1. The van der Waals surface area contributed by atoms with Gasteiger partial charge in [0.15, 0.2) is 5.78 Å². The highest BCUT2D eigenvalue weighted by Crippen LogP contribution is 2.30. The molecule has 0 spiro atoms. The summed E-state index contributed by atoms with van der Waals surface area (Å²) >= 11 is 0. The summed E-state index contributed by atoms with van der Waals surface area (Å²) < 4.78 is 0. The van der Waals surface area contributed by atoms with E-state index in [4.69, 9.17) is 0 Å². The van der Waals surface area contributed by atoms with Gasteiger partial charge in [0.1, 0.15) is 0 Å². The van der Waals surface area contributed by atoms with E-state index < -0.39 is 0 Å². The third kappa shape index (κ3) is 5.76. The minimum atomic E-state index is 0.209. The van der Waals surface area contributed by atoms with Crippen LogP contribution in [-0.2, 0) is 4.79 Å². The van der Waals surface area contributed by atoms with Crippen molar-refractivity contribution in [3.05, 3.63) is 69.8 Å². The van der Waals surface area contributed by atoms with Gasteiger partial charge in [-0.05, 0) is 119 Å². The van der Waals surface area contributed by atoms with Gasteiger partial charge in [0.2, 0.25) is 0 Å². The Morgan fingerprint density at radius 2 is 1.09 bits per heavy atom. The monoisotopic (exact) mass is 444 g/mol. The van der Waals surface area contributed by atoms with Gasteiger partial charge < -0.3 is 9.80 Å². The topological polar surface area (TPSA) is 23.6 Å². The summed E-state index contributed by atoms with van der Waals surface area (Å²) in [7, 11) is 0. The zero-order chi connectivity index (χ0) is 24.0. The number of hydrogen-bond acceptors (Lipinski definition) is 3. The number of carbonyl (C=O) groups is 1. The summed E-state index contributed by atoms with van der Waals surface area (Å²) in [6.07, 6.45) is 6.97. The minimum Gasteiger partial charge on any atom is -0.372 e. The number of rotatable bonds is 8. The molecule has 0 bridgehead atoms. The second kappa shape index (κ2) is 11.4. The predicted octanol–water partition coefficient (Wildman–Crippen LogP) is 7.22. The largest absolute Gasteiger partial charge is 0.372 e. The van der Waals surface area contributed by atoms with Crippen LogP contribution in [0.5, 0.6) is 0 Å². The van der Waals surface area contributed by atoms with Crippen molar-refractivity contribution >= 4 is 29.3 Å². The van der Waals surface area contributed by atoms with E-state index in [1.807, 2.05) is 0 Å². The standard InChI is InChI=1S/C30H40N2O/c1-7-31(8-2)28-16-14-24(22(5)18-28)20-26-12-11-13-27(30(26)33)21-25-15-17-29(19-23(25)6)32(9-3)10-4/h14-21H,7-13H2,1-6H3. The van der Waals surface area contributed by atoms with Crippen LogP contribution in [0.15, 0.2) is 47.5 Å². The van der Waals surface area contributed by atoms with Crippen molar-refractivity contribution in [1.29, 1.82) is 0 Å². The molecule has 3 heteroatoms. The Hall–Kier alpha value is -2.81. The van der Waals surface area contributed by atoms with Gasteiger partial charge in [-0.1, -0.05) is 12.1 Å². The van der Waals surface area contributed by atoms with Gasteiger partial charge in [-0.3, -0.25) is 4.79 Å². The summed E-state index contributed by atoms with van der Waals surface area (Å²) in [5.74, 6) is 0.209. The van der Waals surface area contributed by atoms with Crippen LogP contribution >= 0.6 is 0 Å². The zero-order valence-corrected chi connectivity index (χ0v) is 21.4. The van der Waals surface area contributed by atoms with Crippen LogP contribution in [0.3, 0.4) is 0 Å². The van der Waals surface area contributed by atoms with Crippen molar-refractivity contribution in [3.63, 3.8) is 0 Å². The molecule has 1 fully saturated rings. The lowest BCUT2D eigenvalue weighted by atomic mass is 9.86. The van der Waals surface area contributed by atoms with E-state index in [1.54, 1.807) is 0 Å². The molecule has 0 unspecified atom stereocenters. The molecule has 0 atom stereocenters. The van der Waals surface area contributed by atoms with Gasteiger partial charge in [-0.2, -0.15) is 0 Å². The fourth-order valence-electron chi connectivity index (χ4n) is 4.77. The van der Waals surface area contributed by atoms with Gasteiger partial charge in [0.25, 0.3) is 0 Å². The quantitative estimate of drug-likeness (QED) is 0.402. The fraction of sp³-hybridized carbons (Fsp3) is 0.433. The number of aryl methyl sites for hydroxylation is 2. The van der Waals surface area contributed by atoms with Crippen LogP contribution < -0.4 is 9.80 Å². The molecule has 176 valence electrons. The Morgan fingerprint density at radius 1 is 0.697 bits per heavy atom. The van der Waals surface area contributed by atoms with Crippen LogP contribution in [0.25, 0.3) is 12.2 Å². The Balaban J connectivity index is 1.85. The van der Waals surface area contributed by atoms with Gasteiger partial charge in [-0.15, -0.1) is 0 Å². The molecule has 0 aliphatic heterocycles. The van der Waals surface area contributed by atoms with Gasteiger partial charge >= 0.3 is 0 Å². The van der Waals surface area contributed by atoms with Crippen LogP contribution in [0.1, 0.15) is 69.2 Å². The lowest BCUT2D eigenvalue weighted by Gasteiger charge is -2.22. The van der Waals surface area contributed by atoms with E-state index in [9.17, 15) is 4.79 Å². The first-order chi connectivity index (χ1) is 15.9. The van der Waals surface area contributed by atoms with Crippen LogP contribution in [0.2, 0.25) is 0 Å². The number of anilines is 2. The molecule has 0 saturated heterocycles. The lowest BCUT2D eigenvalue weighted by Crippen LogP contribution is -2.21. The Kier molecular flexibility index (Phi) is 8.55. The minimum absolute atomic E-state index is 0.209. The maximum absolute atomic E-state index is 13.3. The predicted molar refractivity (Wildman–Crippen MR) is 144 cm³/mol. The van der Waals surface area contributed by atoms with Crippen molar-refractivity contribution in [1.82, 2.24) is 0 Å². The SMILES string of the molecule is CCN(CC)c1ccc(C=C2CCCC(=Cc3ccc(N(CC)CC)cc3C)C2=O)c(C)c1. The van der Waals surface area contributed by atoms with Crippen molar-refractivity contribution in [2.24, 2.45) is 0 Å². The van der Waals surface area contributed by atoms with Crippen LogP contribution in [0, 0.1) is 13.8 Å². The van der Waals surface area contributed by atoms with Crippen molar-refractivity contribution in [2.75, 3.05) is 36.0 Å². The van der Waals surface area contributed by atoms with Crippen molar-refractivity contribution in [3.8, 4) is 0 Å². The highest BCUT2D eigenvalue weighted by molar-refractivity contribution is 6.14. The number of carbonyl (C=O) groups excluding carboxylic acids is 1. The molecule has 3 rings (SSSR count). The number of benzene rings is 2. The highest BCUT2D eigenvalue weighted by Gasteiger charge is 2.21. The van der Waals surface area contributed by atoms with Crippen LogP contribution in [-0.4, -0.2) is 32.0 Å². The van der Waals surface area contributed by atoms with E-state index in [-0.39, 0.29) is 5.78 Å². The molecule has 2 aromatic carbocycles. The van der Waals surface area contributed by atoms with Gasteiger partial charge in [-0.25, -0.2) is 0 Å². The van der Waals surface area contributed by atoms with E-state index in [0.717, 1.165) is 67.7 Å². The summed E-state index contributed by atoms with van der Waals surface area (Å²) in [4.78, 5) is 18.0. The second-order valence-electron chi connectivity index (χ2n) is 8.95. The fourth-order valence-corrected chi connectivity index (χ4v) is 4.77. The molecule has 3 nitrogen and oxygen atoms in total. The molecule has 0 N–H and O–H groups in total. The summed E-state index contributed by atoms with van der Waals surface area (Å²) in [5.41, 5.74) is 9.10. The summed E-state index contributed by atoms with van der Waals surface area (Å²) in [6, 6.07) is 13.2. The van der Waals surface area contributed by atoms with E-state index in [2.05, 4.69) is 99.9 Å². The molecule has 33 heavy (non-hydrogen) atoms. The molecule has 1 aliphatic carbocycles. The molecule has 2 aromatic rings. The molecular weight excluding hydrogens is 404 g/mol.